The maximum Gasteiger partial charge on any atom is 0.191 e. The normalized spacial score (nSPS) is 11.3. The van der Waals surface area contributed by atoms with Gasteiger partial charge in [-0.3, -0.25) is 4.99 Å². The summed E-state index contributed by atoms with van der Waals surface area (Å²) in [4.78, 5) is 9.90. The van der Waals surface area contributed by atoms with Gasteiger partial charge in [-0.25, -0.2) is 4.98 Å². The fourth-order valence-corrected chi connectivity index (χ4v) is 3.39. The number of guanidine groups is 1. The fraction of sp³-hybridized carbons (Fsp3) is 0.500. The van der Waals surface area contributed by atoms with Gasteiger partial charge in [0.2, 0.25) is 0 Å². The van der Waals surface area contributed by atoms with Gasteiger partial charge in [-0.2, -0.15) is 0 Å². The summed E-state index contributed by atoms with van der Waals surface area (Å²) >= 11 is 1.74. The van der Waals surface area contributed by atoms with E-state index in [2.05, 4.69) is 39.7 Å². The van der Waals surface area contributed by atoms with Crippen LogP contribution in [0.2, 0.25) is 0 Å². The SMILES string of the molecule is CCOc1ccc(CCNC(=NC)NCCc2ncc(C)s2)cc1OCC. The van der Waals surface area contributed by atoms with Crippen LogP contribution in [-0.4, -0.2) is 44.3 Å². The van der Waals surface area contributed by atoms with Gasteiger partial charge in [0.15, 0.2) is 17.5 Å². The molecule has 0 aliphatic rings. The Morgan fingerprint density at radius 1 is 1.07 bits per heavy atom. The lowest BCUT2D eigenvalue weighted by atomic mass is 10.1. The molecule has 0 bridgehead atoms. The van der Waals surface area contributed by atoms with Crippen molar-refractivity contribution in [2.24, 2.45) is 4.99 Å². The molecule has 0 radical (unpaired) electrons. The highest BCUT2D eigenvalue weighted by atomic mass is 32.1. The zero-order valence-electron chi connectivity index (χ0n) is 16.7. The Bertz CT molecular complexity index is 731. The first-order valence-electron chi connectivity index (χ1n) is 9.40. The van der Waals surface area contributed by atoms with Crippen molar-refractivity contribution in [3.63, 3.8) is 0 Å². The van der Waals surface area contributed by atoms with Crippen LogP contribution in [0.15, 0.2) is 29.4 Å². The Morgan fingerprint density at radius 3 is 2.41 bits per heavy atom. The van der Waals surface area contributed by atoms with Gasteiger partial charge < -0.3 is 20.1 Å². The van der Waals surface area contributed by atoms with Crippen molar-refractivity contribution in [2.45, 2.75) is 33.6 Å². The van der Waals surface area contributed by atoms with Crippen molar-refractivity contribution in [1.29, 1.82) is 0 Å². The fourth-order valence-electron chi connectivity index (χ4n) is 2.60. The van der Waals surface area contributed by atoms with Crippen LogP contribution in [0.1, 0.15) is 29.3 Å². The number of benzene rings is 1. The monoisotopic (exact) mass is 390 g/mol. The Hall–Kier alpha value is -2.28. The Balaban J connectivity index is 1.78. The van der Waals surface area contributed by atoms with Crippen molar-refractivity contribution in [1.82, 2.24) is 15.6 Å². The van der Waals surface area contributed by atoms with Gasteiger partial charge in [0.25, 0.3) is 0 Å². The van der Waals surface area contributed by atoms with Crippen LogP contribution in [0, 0.1) is 6.92 Å². The summed E-state index contributed by atoms with van der Waals surface area (Å²) in [6.45, 7) is 8.88. The van der Waals surface area contributed by atoms with E-state index in [9.17, 15) is 0 Å². The number of hydrogen-bond donors (Lipinski definition) is 2. The molecule has 2 rings (SSSR count). The van der Waals surface area contributed by atoms with E-state index in [4.69, 9.17) is 9.47 Å². The maximum atomic E-state index is 5.69. The highest BCUT2D eigenvalue weighted by molar-refractivity contribution is 7.11. The third-order valence-electron chi connectivity index (χ3n) is 3.84. The van der Waals surface area contributed by atoms with Crippen molar-refractivity contribution >= 4 is 17.3 Å². The summed E-state index contributed by atoms with van der Waals surface area (Å²) < 4.78 is 11.3. The molecule has 0 aliphatic carbocycles. The molecule has 148 valence electrons. The Kier molecular flexibility index (Phi) is 8.91. The van der Waals surface area contributed by atoms with E-state index in [1.807, 2.05) is 26.1 Å². The van der Waals surface area contributed by atoms with E-state index in [-0.39, 0.29) is 0 Å². The Morgan fingerprint density at radius 2 is 1.78 bits per heavy atom. The summed E-state index contributed by atoms with van der Waals surface area (Å²) in [6.07, 6.45) is 3.69. The number of aromatic nitrogens is 1. The van der Waals surface area contributed by atoms with Gasteiger partial charge in [0.05, 0.1) is 18.2 Å². The third-order valence-corrected chi connectivity index (χ3v) is 4.81. The topological polar surface area (TPSA) is 67.8 Å². The average Bonchev–Trinajstić information content (AvgIpc) is 3.08. The Labute approximate surface area is 166 Å². The molecule has 1 aromatic heterocycles. The second kappa shape index (κ2) is 11.4. The molecular formula is C20H30N4O2S. The molecule has 1 heterocycles. The smallest absolute Gasteiger partial charge is 0.191 e. The van der Waals surface area contributed by atoms with Crippen LogP contribution in [-0.2, 0) is 12.8 Å². The number of aliphatic imine (C=N–C) groups is 1. The van der Waals surface area contributed by atoms with E-state index in [1.54, 1.807) is 18.4 Å². The number of thiazole rings is 1. The maximum absolute atomic E-state index is 5.69. The lowest BCUT2D eigenvalue weighted by molar-refractivity contribution is 0.287. The summed E-state index contributed by atoms with van der Waals surface area (Å²) in [5.74, 6) is 2.41. The summed E-state index contributed by atoms with van der Waals surface area (Å²) in [7, 11) is 1.78. The van der Waals surface area contributed by atoms with Crippen LogP contribution >= 0.6 is 11.3 Å². The van der Waals surface area contributed by atoms with Gasteiger partial charge in [0.1, 0.15) is 0 Å². The highest BCUT2D eigenvalue weighted by Crippen LogP contribution is 2.28. The van der Waals surface area contributed by atoms with Gasteiger partial charge >= 0.3 is 0 Å². The predicted octanol–water partition coefficient (Wildman–Crippen LogP) is 3.20. The first kappa shape index (κ1) is 21.0. The van der Waals surface area contributed by atoms with Gasteiger partial charge in [-0.15, -0.1) is 11.3 Å². The molecular weight excluding hydrogens is 360 g/mol. The first-order valence-corrected chi connectivity index (χ1v) is 10.2. The predicted molar refractivity (Wildman–Crippen MR) is 112 cm³/mol. The number of ether oxygens (including phenoxy) is 2. The van der Waals surface area contributed by atoms with Crippen molar-refractivity contribution in [3.05, 3.63) is 39.8 Å². The number of hydrogen-bond acceptors (Lipinski definition) is 5. The minimum absolute atomic E-state index is 0.622. The lowest BCUT2D eigenvalue weighted by Gasteiger charge is -2.14. The summed E-state index contributed by atoms with van der Waals surface area (Å²) in [5, 5.41) is 7.83. The van der Waals surface area contributed by atoms with Crippen LogP contribution in [0.25, 0.3) is 0 Å². The van der Waals surface area contributed by atoms with E-state index in [1.165, 1.54) is 10.4 Å². The molecule has 0 atom stereocenters. The second-order valence-corrected chi connectivity index (χ2v) is 7.26. The van der Waals surface area contributed by atoms with Crippen molar-refractivity contribution < 1.29 is 9.47 Å². The standard InChI is InChI=1S/C20H30N4O2S/c1-5-25-17-8-7-16(13-18(17)26-6-2)9-11-22-20(21-4)23-12-10-19-24-14-15(3)27-19/h7-8,13-14H,5-6,9-12H2,1-4H3,(H2,21,22,23). The highest BCUT2D eigenvalue weighted by Gasteiger charge is 2.07. The molecule has 0 spiro atoms. The molecule has 0 aliphatic heterocycles. The van der Waals surface area contributed by atoms with E-state index >= 15 is 0 Å². The molecule has 0 saturated carbocycles. The van der Waals surface area contributed by atoms with Crippen molar-refractivity contribution in [3.8, 4) is 11.5 Å². The van der Waals surface area contributed by atoms with E-state index in [0.717, 1.165) is 48.4 Å². The molecule has 0 amide bonds. The molecule has 0 fully saturated rings. The lowest BCUT2D eigenvalue weighted by Crippen LogP contribution is -2.39. The van der Waals surface area contributed by atoms with Crippen LogP contribution in [0.5, 0.6) is 11.5 Å². The largest absolute Gasteiger partial charge is 0.490 e. The molecule has 2 aromatic rings. The van der Waals surface area contributed by atoms with Gasteiger partial charge in [-0.05, 0) is 44.9 Å². The van der Waals surface area contributed by atoms with Gasteiger partial charge in [0, 0.05) is 37.6 Å². The molecule has 2 N–H and O–H groups in total. The van der Waals surface area contributed by atoms with Crippen LogP contribution in [0.4, 0.5) is 0 Å². The molecule has 7 heteroatoms. The van der Waals surface area contributed by atoms with Crippen LogP contribution in [0.3, 0.4) is 0 Å². The molecule has 0 saturated heterocycles. The minimum atomic E-state index is 0.622. The van der Waals surface area contributed by atoms with E-state index < -0.39 is 0 Å². The van der Waals surface area contributed by atoms with Gasteiger partial charge in [-0.1, -0.05) is 6.07 Å². The zero-order chi connectivity index (χ0) is 19.5. The van der Waals surface area contributed by atoms with Crippen molar-refractivity contribution in [2.75, 3.05) is 33.4 Å². The first-order chi connectivity index (χ1) is 13.2. The average molecular weight is 391 g/mol. The van der Waals surface area contributed by atoms with Crippen LogP contribution < -0.4 is 20.1 Å². The summed E-state index contributed by atoms with van der Waals surface area (Å²) in [6, 6.07) is 6.11. The second-order valence-electron chi connectivity index (χ2n) is 5.94. The molecule has 1 aromatic carbocycles. The number of rotatable bonds is 10. The molecule has 0 unspecified atom stereocenters. The molecule has 6 nitrogen and oxygen atoms in total. The number of nitrogens with one attached hydrogen (secondary N) is 2. The quantitative estimate of drug-likeness (QED) is 0.482. The number of aryl methyl sites for hydroxylation is 1. The van der Waals surface area contributed by atoms with E-state index in [0.29, 0.717) is 13.2 Å². The minimum Gasteiger partial charge on any atom is -0.490 e. The summed E-state index contributed by atoms with van der Waals surface area (Å²) in [5.41, 5.74) is 1.20. The third kappa shape index (κ3) is 7.09. The molecule has 27 heavy (non-hydrogen) atoms. The zero-order valence-corrected chi connectivity index (χ0v) is 17.5. The number of nitrogens with zero attached hydrogens (tertiary/aromatic N) is 2.